The van der Waals surface area contributed by atoms with Crippen molar-refractivity contribution in [1.82, 2.24) is 10.3 Å². The molecule has 2 aliphatic carbocycles. The highest BCUT2D eigenvalue weighted by Crippen LogP contribution is 2.37. The minimum Gasteiger partial charge on any atom is -0.320 e. The van der Waals surface area contributed by atoms with Crippen molar-refractivity contribution in [3.8, 4) is 6.19 Å². The molecule has 2 saturated carbocycles. The predicted octanol–water partition coefficient (Wildman–Crippen LogP) is 2.59. The van der Waals surface area contributed by atoms with Crippen molar-refractivity contribution in [1.29, 1.82) is 5.26 Å². The second-order valence-corrected chi connectivity index (χ2v) is 6.66. The zero-order valence-corrected chi connectivity index (χ0v) is 12.1. The van der Waals surface area contributed by atoms with Crippen molar-refractivity contribution in [3.05, 3.63) is 11.1 Å². The molecular formula is C14H18N4OS. The third-order valence-electron chi connectivity index (χ3n) is 4.14. The van der Waals surface area contributed by atoms with E-state index in [2.05, 4.69) is 15.6 Å². The van der Waals surface area contributed by atoms with Gasteiger partial charge in [-0.1, -0.05) is 19.3 Å². The molecule has 1 amide bonds. The summed E-state index contributed by atoms with van der Waals surface area (Å²) in [6.07, 6.45) is 11.0. The number of anilines is 1. The first-order valence-corrected chi connectivity index (χ1v) is 8.01. The normalized spacial score (nSPS) is 25.8. The zero-order valence-electron chi connectivity index (χ0n) is 11.3. The Morgan fingerprint density at radius 1 is 1.40 bits per heavy atom. The lowest BCUT2D eigenvalue weighted by Gasteiger charge is -2.19. The Hall–Kier alpha value is -1.61. The van der Waals surface area contributed by atoms with E-state index >= 15 is 0 Å². The molecule has 0 spiro atoms. The topological polar surface area (TPSA) is 77.8 Å². The molecule has 6 heteroatoms. The monoisotopic (exact) mass is 290 g/mol. The van der Waals surface area contributed by atoms with Gasteiger partial charge in [-0.2, -0.15) is 5.26 Å². The molecule has 0 bridgehead atoms. The minimum atomic E-state index is -0.0864. The summed E-state index contributed by atoms with van der Waals surface area (Å²) in [5.41, 5.74) is 0. The van der Waals surface area contributed by atoms with Crippen LogP contribution in [0.3, 0.4) is 0 Å². The first-order chi connectivity index (χ1) is 9.78. The highest BCUT2D eigenvalue weighted by molar-refractivity contribution is 7.15. The van der Waals surface area contributed by atoms with Crippen molar-refractivity contribution in [2.75, 3.05) is 5.32 Å². The number of aromatic nitrogens is 1. The summed E-state index contributed by atoms with van der Waals surface area (Å²) in [7, 11) is 0. The summed E-state index contributed by atoms with van der Waals surface area (Å²) < 4.78 is 0. The molecule has 2 atom stereocenters. The standard InChI is InChI=1S/C14H18N4OS/c15-8-17-11-6-10(11)13(19)18-14-16-7-12(20-14)9-4-2-1-3-5-9/h7,9-11,17H,1-6H2,(H,16,18,19)/t10-,11?/m0/s1. The molecule has 2 fully saturated rings. The van der Waals surface area contributed by atoms with Gasteiger partial charge in [0.25, 0.3) is 0 Å². The van der Waals surface area contributed by atoms with Crippen LogP contribution in [0.4, 0.5) is 5.13 Å². The molecule has 1 aromatic rings. The van der Waals surface area contributed by atoms with E-state index in [1.54, 1.807) is 11.3 Å². The van der Waals surface area contributed by atoms with Crippen molar-refractivity contribution < 1.29 is 4.79 Å². The summed E-state index contributed by atoms with van der Waals surface area (Å²) in [5, 5.41) is 14.7. The van der Waals surface area contributed by atoms with E-state index in [4.69, 9.17) is 5.26 Å². The number of carbonyl (C=O) groups is 1. The number of nitrogens with one attached hydrogen (secondary N) is 2. The van der Waals surface area contributed by atoms with E-state index in [1.807, 2.05) is 12.4 Å². The highest BCUT2D eigenvalue weighted by atomic mass is 32.1. The summed E-state index contributed by atoms with van der Waals surface area (Å²) in [6, 6.07) is 0.0118. The molecule has 1 heterocycles. The fourth-order valence-corrected chi connectivity index (χ4v) is 3.83. The summed E-state index contributed by atoms with van der Waals surface area (Å²) in [5.74, 6) is 0.514. The van der Waals surface area contributed by atoms with Crippen LogP contribution in [0.15, 0.2) is 6.20 Å². The minimum absolute atomic E-state index is 0.0118. The number of thiazole rings is 1. The van der Waals surface area contributed by atoms with Crippen LogP contribution in [0.2, 0.25) is 0 Å². The smallest absolute Gasteiger partial charge is 0.231 e. The number of amides is 1. The first kappa shape index (κ1) is 13.4. The number of nitrogens with zero attached hydrogens (tertiary/aromatic N) is 2. The lowest BCUT2D eigenvalue weighted by Crippen LogP contribution is -2.20. The lowest BCUT2D eigenvalue weighted by molar-refractivity contribution is -0.117. The van der Waals surface area contributed by atoms with Gasteiger partial charge in [0, 0.05) is 17.1 Å². The average molecular weight is 290 g/mol. The fourth-order valence-electron chi connectivity index (χ4n) is 2.85. The van der Waals surface area contributed by atoms with Gasteiger partial charge in [-0.15, -0.1) is 11.3 Å². The molecule has 1 unspecified atom stereocenters. The van der Waals surface area contributed by atoms with Gasteiger partial charge < -0.3 is 10.6 Å². The number of hydrogen-bond acceptors (Lipinski definition) is 5. The average Bonchev–Trinajstić information content (AvgIpc) is 3.09. The van der Waals surface area contributed by atoms with Gasteiger partial charge >= 0.3 is 0 Å². The largest absolute Gasteiger partial charge is 0.320 e. The van der Waals surface area contributed by atoms with E-state index in [0.29, 0.717) is 11.0 Å². The third kappa shape index (κ3) is 2.93. The quantitative estimate of drug-likeness (QED) is 0.660. The molecule has 2 N–H and O–H groups in total. The van der Waals surface area contributed by atoms with Crippen LogP contribution in [-0.4, -0.2) is 16.9 Å². The van der Waals surface area contributed by atoms with Crippen LogP contribution in [0.25, 0.3) is 0 Å². The molecule has 20 heavy (non-hydrogen) atoms. The molecule has 0 aliphatic heterocycles. The van der Waals surface area contributed by atoms with Gasteiger partial charge in [-0.25, -0.2) is 4.98 Å². The predicted molar refractivity (Wildman–Crippen MR) is 77.2 cm³/mol. The van der Waals surface area contributed by atoms with Crippen LogP contribution >= 0.6 is 11.3 Å². The molecule has 1 aromatic heterocycles. The molecule has 5 nitrogen and oxygen atoms in total. The van der Waals surface area contributed by atoms with Crippen LogP contribution in [0.1, 0.15) is 49.3 Å². The van der Waals surface area contributed by atoms with Gasteiger partial charge in [0.2, 0.25) is 5.91 Å². The van der Waals surface area contributed by atoms with Crippen molar-refractivity contribution in [3.63, 3.8) is 0 Å². The van der Waals surface area contributed by atoms with E-state index in [1.165, 1.54) is 37.0 Å². The van der Waals surface area contributed by atoms with Crippen LogP contribution in [0.5, 0.6) is 0 Å². The first-order valence-electron chi connectivity index (χ1n) is 7.19. The van der Waals surface area contributed by atoms with Gasteiger partial charge in [0.15, 0.2) is 11.3 Å². The molecule has 3 rings (SSSR count). The van der Waals surface area contributed by atoms with Crippen molar-refractivity contribution >= 4 is 22.4 Å². The highest BCUT2D eigenvalue weighted by Gasteiger charge is 2.43. The Labute approximate surface area is 122 Å². The summed E-state index contributed by atoms with van der Waals surface area (Å²) >= 11 is 1.60. The zero-order chi connectivity index (χ0) is 13.9. The Morgan fingerprint density at radius 3 is 2.95 bits per heavy atom. The summed E-state index contributed by atoms with van der Waals surface area (Å²) in [4.78, 5) is 17.6. The van der Waals surface area contributed by atoms with Crippen molar-refractivity contribution in [2.24, 2.45) is 5.92 Å². The SMILES string of the molecule is N#CNC1C[C@@H]1C(=O)Nc1ncc(C2CCCCC2)s1. The summed E-state index contributed by atoms with van der Waals surface area (Å²) in [6.45, 7) is 0. The molecule has 0 radical (unpaired) electrons. The van der Waals surface area contributed by atoms with Gasteiger partial charge in [-0.05, 0) is 25.2 Å². The maximum atomic E-state index is 12.0. The lowest BCUT2D eigenvalue weighted by atomic mass is 9.89. The second kappa shape index (κ2) is 5.80. The molecule has 106 valence electrons. The number of hydrogen-bond donors (Lipinski definition) is 2. The molecule has 0 aromatic carbocycles. The van der Waals surface area contributed by atoms with Crippen LogP contribution < -0.4 is 10.6 Å². The molecule has 0 saturated heterocycles. The Balaban J connectivity index is 1.55. The van der Waals surface area contributed by atoms with E-state index in [9.17, 15) is 4.79 Å². The Kier molecular flexibility index (Phi) is 3.88. The van der Waals surface area contributed by atoms with Gasteiger partial charge in [0.1, 0.15) is 0 Å². The second-order valence-electron chi connectivity index (χ2n) is 5.60. The van der Waals surface area contributed by atoms with Crippen LogP contribution in [0, 0.1) is 17.4 Å². The van der Waals surface area contributed by atoms with E-state index in [0.717, 1.165) is 6.42 Å². The number of rotatable bonds is 4. The number of nitriles is 1. The molecule has 2 aliphatic rings. The van der Waals surface area contributed by atoms with Gasteiger partial charge in [-0.3, -0.25) is 4.79 Å². The van der Waals surface area contributed by atoms with Crippen LogP contribution in [-0.2, 0) is 4.79 Å². The number of carbonyl (C=O) groups excluding carboxylic acids is 1. The third-order valence-corrected chi connectivity index (χ3v) is 5.21. The van der Waals surface area contributed by atoms with Crippen molar-refractivity contribution in [2.45, 2.75) is 50.5 Å². The maximum Gasteiger partial charge on any atom is 0.231 e. The fraction of sp³-hybridized carbons (Fsp3) is 0.643. The van der Waals surface area contributed by atoms with Gasteiger partial charge in [0.05, 0.1) is 5.92 Å². The van der Waals surface area contributed by atoms with E-state index < -0.39 is 0 Å². The van der Waals surface area contributed by atoms with E-state index in [-0.39, 0.29) is 17.9 Å². The Morgan fingerprint density at radius 2 is 2.20 bits per heavy atom. The molecular weight excluding hydrogens is 272 g/mol. The Bertz CT molecular complexity index is 530. The maximum absolute atomic E-state index is 12.0.